The summed E-state index contributed by atoms with van der Waals surface area (Å²) in [4.78, 5) is 8.66. The Morgan fingerprint density at radius 2 is 2.14 bits per heavy atom. The number of pyridine rings is 1. The monoisotopic (exact) mass is 183 g/mol. The van der Waals surface area contributed by atoms with Crippen LogP contribution in [0.3, 0.4) is 0 Å². The number of rotatable bonds is 0. The lowest BCUT2D eigenvalue weighted by Crippen LogP contribution is -2.09. The number of hydrogen-bond acceptors (Lipinski definition) is 3. The Bertz CT molecular complexity index is 517. The SMILES string of the molecule is C1=NCNc2nc3ccccc3cc21. The predicted molar refractivity (Wildman–Crippen MR) is 57.8 cm³/mol. The summed E-state index contributed by atoms with van der Waals surface area (Å²) in [6.45, 7) is 0.623. The Balaban J connectivity index is 2.34. The van der Waals surface area contributed by atoms with Crippen LogP contribution in [0, 0.1) is 0 Å². The van der Waals surface area contributed by atoms with E-state index in [-0.39, 0.29) is 0 Å². The first-order valence-electron chi connectivity index (χ1n) is 4.57. The first kappa shape index (κ1) is 7.50. The van der Waals surface area contributed by atoms with Crippen molar-refractivity contribution in [1.82, 2.24) is 4.98 Å². The quantitative estimate of drug-likeness (QED) is 0.678. The largest absolute Gasteiger partial charge is 0.350 e. The summed E-state index contributed by atoms with van der Waals surface area (Å²) in [5.74, 6) is 0.929. The van der Waals surface area contributed by atoms with Crippen LogP contribution in [0.1, 0.15) is 5.56 Å². The fourth-order valence-corrected chi connectivity index (χ4v) is 1.64. The first-order chi connectivity index (χ1) is 6.93. The first-order valence-corrected chi connectivity index (χ1v) is 4.57. The van der Waals surface area contributed by atoms with Gasteiger partial charge in [-0.25, -0.2) is 4.98 Å². The molecule has 0 fully saturated rings. The molecule has 1 N–H and O–H groups in total. The van der Waals surface area contributed by atoms with Crippen molar-refractivity contribution in [3.05, 3.63) is 35.9 Å². The minimum absolute atomic E-state index is 0.623. The van der Waals surface area contributed by atoms with Crippen molar-refractivity contribution in [2.75, 3.05) is 12.0 Å². The van der Waals surface area contributed by atoms with E-state index in [1.54, 1.807) is 0 Å². The molecular formula is C11H9N3. The van der Waals surface area contributed by atoms with Gasteiger partial charge in [0.25, 0.3) is 0 Å². The molecular weight excluding hydrogens is 174 g/mol. The summed E-state index contributed by atoms with van der Waals surface area (Å²) in [7, 11) is 0. The van der Waals surface area contributed by atoms with Crippen LogP contribution >= 0.6 is 0 Å². The van der Waals surface area contributed by atoms with Gasteiger partial charge in [0.05, 0.1) is 5.52 Å². The zero-order chi connectivity index (χ0) is 9.38. The van der Waals surface area contributed by atoms with Gasteiger partial charge in [0.1, 0.15) is 12.5 Å². The average molecular weight is 183 g/mol. The number of hydrogen-bond donors (Lipinski definition) is 1. The minimum atomic E-state index is 0.623. The number of nitrogens with zero attached hydrogens (tertiary/aromatic N) is 2. The topological polar surface area (TPSA) is 37.3 Å². The third kappa shape index (κ3) is 1.06. The molecule has 2 aromatic rings. The van der Waals surface area contributed by atoms with E-state index in [9.17, 15) is 0 Å². The number of para-hydroxylation sites is 1. The molecule has 0 spiro atoms. The van der Waals surface area contributed by atoms with Crippen LogP contribution in [-0.2, 0) is 0 Å². The molecule has 2 heterocycles. The van der Waals surface area contributed by atoms with Gasteiger partial charge in [-0.05, 0) is 12.1 Å². The number of aliphatic imine (C=N–C) groups is 1. The summed E-state index contributed by atoms with van der Waals surface area (Å²) in [6, 6.07) is 10.2. The van der Waals surface area contributed by atoms with Crippen molar-refractivity contribution >= 4 is 22.9 Å². The highest BCUT2D eigenvalue weighted by Crippen LogP contribution is 2.20. The van der Waals surface area contributed by atoms with Crippen molar-refractivity contribution < 1.29 is 0 Å². The standard InChI is InChI=1S/C11H9N3/c1-2-4-10-8(3-1)5-9-6-12-7-13-11(9)14-10/h1-6H,7H2,(H,13,14). The molecule has 3 heteroatoms. The van der Waals surface area contributed by atoms with Gasteiger partial charge in [-0.15, -0.1) is 0 Å². The van der Waals surface area contributed by atoms with Gasteiger partial charge in [0.15, 0.2) is 0 Å². The fraction of sp³-hybridized carbons (Fsp3) is 0.0909. The van der Waals surface area contributed by atoms with E-state index in [4.69, 9.17) is 0 Å². The van der Waals surface area contributed by atoms with E-state index in [1.165, 1.54) is 0 Å². The molecule has 0 saturated heterocycles. The summed E-state index contributed by atoms with van der Waals surface area (Å²) in [5, 5.41) is 4.30. The number of nitrogens with one attached hydrogen (secondary N) is 1. The van der Waals surface area contributed by atoms with E-state index in [0.717, 1.165) is 22.3 Å². The summed E-state index contributed by atoms with van der Waals surface area (Å²) in [5.41, 5.74) is 2.09. The van der Waals surface area contributed by atoms with Crippen molar-refractivity contribution in [3.8, 4) is 0 Å². The molecule has 1 aromatic carbocycles. The van der Waals surface area contributed by atoms with Crippen LogP contribution in [0.25, 0.3) is 10.9 Å². The van der Waals surface area contributed by atoms with Crippen molar-refractivity contribution in [3.63, 3.8) is 0 Å². The van der Waals surface area contributed by atoms with Crippen LogP contribution in [0.5, 0.6) is 0 Å². The smallest absolute Gasteiger partial charge is 0.136 e. The molecule has 1 aromatic heterocycles. The van der Waals surface area contributed by atoms with Gasteiger partial charge in [0.2, 0.25) is 0 Å². The second-order valence-electron chi connectivity index (χ2n) is 3.27. The highest BCUT2D eigenvalue weighted by molar-refractivity contribution is 5.94. The Morgan fingerprint density at radius 3 is 3.14 bits per heavy atom. The zero-order valence-corrected chi connectivity index (χ0v) is 7.57. The molecule has 0 saturated carbocycles. The molecule has 14 heavy (non-hydrogen) atoms. The maximum absolute atomic E-state index is 4.51. The van der Waals surface area contributed by atoms with E-state index in [0.29, 0.717) is 6.67 Å². The number of fused-ring (bicyclic) bond motifs is 2. The third-order valence-corrected chi connectivity index (χ3v) is 2.32. The van der Waals surface area contributed by atoms with Crippen LogP contribution in [0.4, 0.5) is 5.82 Å². The van der Waals surface area contributed by atoms with Gasteiger partial charge >= 0.3 is 0 Å². The Labute approximate surface area is 81.5 Å². The van der Waals surface area contributed by atoms with E-state index in [1.807, 2.05) is 24.4 Å². The molecule has 0 aliphatic carbocycles. The van der Waals surface area contributed by atoms with Gasteiger partial charge in [-0.2, -0.15) is 0 Å². The number of aromatic nitrogens is 1. The zero-order valence-electron chi connectivity index (χ0n) is 7.57. The highest BCUT2D eigenvalue weighted by Gasteiger charge is 2.06. The Kier molecular flexibility index (Phi) is 1.50. The Hall–Kier alpha value is -1.90. The molecule has 0 atom stereocenters. The molecule has 1 aliphatic rings. The second-order valence-corrected chi connectivity index (χ2v) is 3.27. The van der Waals surface area contributed by atoms with Gasteiger partial charge in [0, 0.05) is 17.2 Å². The molecule has 0 amide bonds. The minimum Gasteiger partial charge on any atom is -0.350 e. The van der Waals surface area contributed by atoms with Gasteiger partial charge in [-0.1, -0.05) is 18.2 Å². The van der Waals surface area contributed by atoms with Crippen LogP contribution in [-0.4, -0.2) is 17.9 Å². The lowest BCUT2D eigenvalue weighted by molar-refractivity contribution is 1.10. The highest BCUT2D eigenvalue weighted by atomic mass is 15.1. The summed E-state index contributed by atoms with van der Waals surface area (Å²) < 4.78 is 0. The molecule has 3 rings (SSSR count). The van der Waals surface area contributed by atoms with Crippen LogP contribution < -0.4 is 5.32 Å². The van der Waals surface area contributed by atoms with Gasteiger partial charge < -0.3 is 5.32 Å². The normalized spacial score (nSPS) is 13.7. The lowest BCUT2D eigenvalue weighted by Gasteiger charge is -2.11. The van der Waals surface area contributed by atoms with Crippen molar-refractivity contribution in [2.24, 2.45) is 4.99 Å². The predicted octanol–water partition coefficient (Wildman–Crippen LogP) is 2.04. The maximum atomic E-state index is 4.51. The number of anilines is 1. The second kappa shape index (κ2) is 2.80. The summed E-state index contributed by atoms with van der Waals surface area (Å²) >= 11 is 0. The third-order valence-electron chi connectivity index (χ3n) is 2.32. The maximum Gasteiger partial charge on any atom is 0.136 e. The molecule has 3 nitrogen and oxygen atoms in total. The Morgan fingerprint density at radius 1 is 1.21 bits per heavy atom. The van der Waals surface area contributed by atoms with Crippen LogP contribution in [0.15, 0.2) is 35.3 Å². The summed E-state index contributed by atoms with van der Waals surface area (Å²) in [6.07, 6.45) is 1.87. The average Bonchev–Trinajstić information content (AvgIpc) is 2.26. The number of benzene rings is 1. The van der Waals surface area contributed by atoms with Crippen molar-refractivity contribution in [2.45, 2.75) is 0 Å². The molecule has 1 aliphatic heterocycles. The molecule has 68 valence electrons. The van der Waals surface area contributed by atoms with E-state index in [2.05, 4.69) is 27.4 Å². The van der Waals surface area contributed by atoms with Gasteiger partial charge in [-0.3, -0.25) is 4.99 Å². The molecule has 0 unspecified atom stereocenters. The van der Waals surface area contributed by atoms with E-state index >= 15 is 0 Å². The van der Waals surface area contributed by atoms with Crippen LogP contribution in [0.2, 0.25) is 0 Å². The fourth-order valence-electron chi connectivity index (χ4n) is 1.64. The van der Waals surface area contributed by atoms with E-state index < -0.39 is 0 Å². The lowest BCUT2D eigenvalue weighted by atomic mass is 10.1. The molecule has 0 radical (unpaired) electrons. The molecule has 0 bridgehead atoms. The van der Waals surface area contributed by atoms with Crippen molar-refractivity contribution in [1.29, 1.82) is 0 Å².